The van der Waals surface area contributed by atoms with E-state index in [9.17, 15) is 4.79 Å². The van der Waals surface area contributed by atoms with E-state index in [0.29, 0.717) is 12.0 Å². The van der Waals surface area contributed by atoms with Gasteiger partial charge in [0, 0.05) is 30.1 Å². The van der Waals surface area contributed by atoms with E-state index in [1.807, 2.05) is 6.08 Å². The molecule has 0 radical (unpaired) electrons. The molecular formula is C10H11NO2. The second kappa shape index (κ2) is 5.22. The molecule has 1 N–H and O–H groups in total. The van der Waals surface area contributed by atoms with Crippen LogP contribution in [0.4, 0.5) is 0 Å². The van der Waals surface area contributed by atoms with Gasteiger partial charge in [0.25, 0.3) is 0 Å². The fourth-order valence-corrected chi connectivity index (χ4v) is 0.949. The van der Waals surface area contributed by atoms with Gasteiger partial charge in [0.2, 0.25) is 0 Å². The lowest BCUT2D eigenvalue weighted by Crippen LogP contribution is -1.86. The van der Waals surface area contributed by atoms with Crippen molar-refractivity contribution in [2.24, 2.45) is 0 Å². The summed E-state index contributed by atoms with van der Waals surface area (Å²) in [4.78, 5) is 14.4. The summed E-state index contributed by atoms with van der Waals surface area (Å²) in [6, 6.07) is 1.66. The van der Waals surface area contributed by atoms with Crippen LogP contribution >= 0.6 is 0 Å². The van der Waals surface area contributed by atoms with Crippen molar-refractivity contribution in [1.82, 2.24) is 4.98 Å². The summed E-state index contributed by atoms with van der Waals surface area (Å²) in [6.45, 7) is 0.118. The van der Waals surface area contributed by atoms with Gasteiger partial charge in [0.1, 0.15) is 0 Å². The third kappa shape index (κ3) is 2.80. The van der Waals surface area contributed by atoms with Gasteiger partial charge in [-0.3, -0.25) is 9.78 Å². The van der Waals surface area contributed by atoms with E-state index in [4.69, 9.17) is 5.11 Å². The lowest BCUT2D eigenvalue weighted by molar-refractivity contribution is 0.112. The maximum Gasteiger partial charge on any atom is 0.150 e. The van der Waals surface area contributed by atoms with Crippen molar-refractivity contribution in [3.8, 4) is 0 Å². The number of pyridine rings is 1. The Hall–Kier alpha value is -1.48. The Labute approximate surface area is 76.7 Å². The molecule has 13 heavy (non-hydrogen) atoms. The van der Waals surface area contributed by atoms with Gasteiger partial charge in [0.15, 0.2) is 6.29 Å². The van der Waals surface area contributed by atoms with Crippen molar-refractivity contribution in [2.75, 3.05) is 6.61 Å². The third-order valence-corrected chi connectivity index (χ3v) is 1.61. The van der Waals surface area contributed by atoms with E-state index in [1.54, 1.807) is 24.5 Å². The molecule has 0 fully saturated rings. The minimum absolute atomic E-state index is 0.118. The number of aromatic nitrogens is 1. The van der Waals surface area contributed by atoms with E-state index in [0.717, 1.165) is 11.8 Å². The molecule has 1 aromatic rings. The second-order valence-electron chi connectivity index (χ2n) is 2.54. The average Bonchev–Trinajstić information content (AvgIpc) is 2.19. The molecule has 0 atom stereocenters. The molecule has 0 aromatic carbocycles. The topological polar surface area (TPSA) is 50.2 Å². The molecule has 3 nitrogen and oxygen atoms in total. The van der Waals surface area contributed by atoms with Gasteiger partial charge in [-0.05, 0) is 12.5 Å². The molecule has 3 heteroatoms. The van der Waals surface area contributed by atoms with Crippen LogP contribution in [-0.2, 0) is 0 Å². The molecule has 0 unspecified atom stereocenters. The standard InChI is InChI=1S/C10H11NO2/c12-6-2-1-3-9-7-11-5-4-10(9)8-13/h1,3-5,7-8,12H,2,6H2. The van der Waals surface area contributed by atoms with Gasteiger partial charge in [-0.15, -0.1) is 0 Å². The summed E-state index contributed by atoms with van der Waals surface area (Å²) in [5.74, 6) is 0. The van der Waals surface area contributed by atoms with Crippen LogP contribution < -0.4 is 0 Å². The lowest BCUT2D eigenvalue weighted by atomic mass is 10.1. The highest BCUT2D eigenvalue weighted by molar-refractivity contribution is 5.81. The number of nitrogens with zero attached hydrogens (tertiary/aromatic N) is 1. The third-order valence-electron chi connectivity index (χ3n) is 1.61. The van der Waals surface area contributed by atoms with E-state index in [1.165, 1.54) is 0 Å². The summed E-state index contributed by atoms with van der Waals surface area (Å²) in [7, 11) is 0. The number of aldehydes is 1. The first-order valence-electron chi connectivity index (χ1n) is 4.05. The summed E-state index contributed by atoms with van der Waals surface area (Å²) in [5, 5.41) is 8.53. The largest absolute Gasteiger partial charge is 0.396 e. The van der Waals surface area contributed by atoms with Gasteiger partial charge in [0.05, 0.1) is 0 Å². The predicted molar refractivity (Wildman–Crippen MR) is 50.4 cm³/mol. The molecule has 0 aliphatic carbocycles. The molecule has 1 heterocycles. The molecule has 0 aliphatic heterocycles. The van der Waals surface area contributed by atoms with Gasteiger partial charge in [-0.2, -0.15) is 0 Å². The summed E-state index contributed by atoms with van der Waals surface area (Å²) >= 11 is 0. The van der Waals surface area contributed by atoms with Crippen LogP contribution in [0.2, 0.25) is 0 Å². The van der Waals surface area contributed by atoms with Crippen molar-refractivity contribution in [1.29, 1.82) is 0 Å². The van der Waals surface area contributed by atoms with Crippen LogP contribution in [0.5, 0.6) is 0 Å². The van der Waals surface area contributed by atoms with Crippen LogP contribution in [0.3, 0.4) is 0 Å². The Morgan fingerprint density at radius 1 is 1.46 bits per heavy atom. The number of carbonyl (C=O) groups is 1. The van der Waals surface area contributed by atoms with Crippen LogP contribution in [0.25, 0.3) is 6.08 Å². The van der Waals surface area contributed by atoms with Crippen LogP contribution in [-0.4, -0.2) is 23.0 Å². The maximum atomic E-state index is 10.5. The normalized spacial score (nSPS) is 10.5. The fraction of sp³-hybridized carbons (Fsp3) is 0.200. The maximum absolute atomic E-state index is 10.5. The predicted octanol–water partition coefficient (Wildman–Crippen LogP) is 1.29. The first-order valence-corrected chi connectivity index (χ1v) is 4.05. The van der Waals surface area contributed by atoms with Crippen molar-refractivity contribution >= 4 is 12.4 Å². The van der Waals surface area contributed by atoms with Crippen molar-refractivity contribution in [2.45, 2.75) is 6.42 Å². The second-order valence-corrected chi connectivity index (χ2v) is 2.54. The van der Waals surface area contributed by atoms with E-state index in [-0.39, 0.29) is 6.61 Å². The number of aliphatic hydroxyl groups is 1. The summed E-state index contributed by atoms with van der Waals surface area (Å²) < 4.78 is 0. The molecular weight excluding hydrogens is 166 g/mol. The van der Waals surface area contributed by atoms with E-state index < -0.39 is 0 Å². The minimum atomic E-state index is 0.118. The average molecular weight is 177 g/mol. The van der Waals surface area contributed by atoms with Crippen LogP contribution in [0, 0.1) is 0 Å². The Morgan fingerprint density at radius 2 is 2.31 bits per heavy atom. The minimum Gasteiger partial charge on any atom is -0.396 e. The quantitative estimate of drug-likeness (QED) is 0.705. The summed E-state index contributed by atoms with van der Waals surface area (Å²) in [6.07, 6.45) is 8.18. The molecule has 0 saturated heterocycles. The first-order chi connectivity index (χ1) is 6.38. The van der Waals surface area contributed by atoms with Crippen molar-refractivity contribution in [3.63, 3.8) is 0 Å². The molecule has 0 spiro atoms. The lowest BCUT2D eigenvalue weighted by Gasteiger charge is -1.95. The molecule has 1 aromatic heterocycles. The smallest absolute Gasteiger partial charge is 0.150 e. The molecule has 0 aliphatic rings. The molecule has 1 rings (SSSR count). The Bertz CT molecular complexity index is 308. The number of hydrogen-bond donors (Lipinski definition) is 1. The highest BCUT2D eigenvalue weighted by Crippen LogP contribution is 2.06. The SMILES string of the molecule is O=Cc1ccncc1C=CCCO. The Balaban J connectivity index is 2.80. The van der Waals surface area contributed by atoms with Crippen molar-refractivity contribution < 1.29 is 9.90 Å². The number of rotatable bonds is 4. The highest BCUT2D eigenvalue weighted by atomic mass is 16.2. The molecule has 68 valence electrons. The van der Waals surface area contributed by atoms with Gasteiger partial charge in [-0.1, -0.05) is 12.2 Å². The zero-order chi connectivity index (χ0) is 9.52. The first kappa shape index (κ1) is 9.61. The molecule has 0 amide bonds. The highest BCUT2D eigenvalue weighted by Gasteiger charge is 1.95. The van der Waals surface area contributed by atoms with E-state index >= 15 is 0 Å². The van der Waals surface area contributed by atoms with Crippen LogP contribution in [0.1, 0.15) is 22.3 Å². The fourth-order valence-electron chi connectivity index (χ4n) is 0.949. The van der Waals surface area contributed by atoms with Gasteiger partial charge in [-0.25, -0.2) is 0 Å². The number of carbonyl (C=O) groups excluding carboxylic acids is 1. The zero-order valence-corrected chi connectivity index (χ0v) is 7.18. The Morgan fingerprint density at radius 3 is 3.00 bits per heavy atom. The molecule has 0 saturated carbocycles. The van der Waals surface area contributed by atoms with Crippen LogP contribution in [0.15, 0.2) is 24.5 Å². The monoisotopic (exact) mass is 177 g/mol. The number of hydrogen-bond acceptors (Lipinski definition) is 3. The number of aliphatic hydroxyl groups excluding tert-OH is 1. The van der Waals surface area contributed by atoms with E-state index in [2.05, 4.69) is 4.98 Å². The zero-order valence-electron chi connectivity index (χ0n) is 7.18. The van der Waals surface area contributed by atoms with Crippen molar-refractivity contribution in [3.05, 3.63) is 35.7 Å². The Kier molecular flexibility index (Phi) is 3.85. The van der Waals surface area contributed by atoms with Gasteiger partial charge >= 0.3 is 0 Å². The molecule has 0 bridgehead atoms. The van der Waals surface area contributed by atoms with Gasteiger partial charge < -0.3 is 5.11 Å². The summed E-state index contributed by atoms with van der Waals surface area (Å²) in [5.41, 5.74) is 1.40.